The second kappa shape index (κ2) is 10.4. The number of hydrogen-bond donors (Lipinski definition) is 1. The average Bonchev–Trinajstić information content (AvgIpc) is 2.81. The van der Waals surface area contributed by atoms with E-state index in [2.05, 4.69) is 17.6 Å². The van der Waals surface area contributed by atoms with Gasteiger partial charge in [-0.05, 0) is 48.0 Å². The summed E-state index contributed by atoms with van der Waals surface area (Å²) in [6, 6.07) is 16.5. The highest BCUT2D eigenvalue weighted by Crippen LogP contribution is 2.38. The van der Waals surface area contributed by atoms with Gasteiger partial charge in [0.1, 0.15) is 17.2 Å². The summed E-state index contributed by atoms with van der Waals surface area (Å²) >= 11 is 16.7. The van der Waals surface area contributed by atoms with Crippen LogP contribution in [0.3, 0.4) is 0 Å². The minimum atomic E-state index is 0.464. The summed E-state index contributed by atoms with van der Waals surface area (Å²) in [5.74, 6) is 3.08. The molecule has 0 saturated carbocycles. The van der Waals surface area contributed by atoms with Crippen LogP contribution in [0, 0.1) is 0 Å². The van der Waals surface area contributed by atoms with E-state index in [4.69, 9.17) is 42.1 Å². The molecular formula is C25H21Cl2NO4S. The zero-order valence-corrected chi connectivity index (χ0v) is 20.4. The average molecular weight is 502 g/mol. The molecule has 1 heterocycles. The largest absolute Gasteiger partial charge is 0.493 e. The molecule has 0 fully saturated rings. The maximum Gasteiger partial charge on any atom is 0.162 e. The fourth-order valence-electron chi connectivity index (χ4n) is 3.33. The Kier molecular flexibility index (Phi) is 7.38. The maximum atomic E-state index is 6.18. The highest BCUT2D eigenvalue weighted by atomic mass is 35.5. The summed E-state index contributed by atoms with van der Waals surface area (Å²) in [5, 5.41) is 1.86. The van der Waals surface area contributed by atoms with Crippen LogP contribution in [-0.4, -0.2) is 25.8 Å². The molecule has 1 aromatic heterocycles. The molecule has 0 aliphatic rings. The van der Waals surface area contributed by atoms with Gasteiger partial charge in [0, 0.05) is 34.0 Å². The van der Waals surface area contributed by atoms with Crippen LogP contribution in [0.2, 0.25) is 10.0 Å². The molecule has 0 aliphatic heterocycles. The van der Waals surface area contributed by atoms with Gasteiger partial charge in [-0.2, -0.15) is 0 Å². The van der Waals surface area contributed by atoms with E-state index in [9.17, 15) is 0 Å². The molecule has 33 heavy (non-hydrogen) atoms. The molecule has 0 radical (unpaired) electrons. The van der Waals surface area contributed by atoms with Gasteiger partial charge in [0.25, 0.3) is 0 Å². The maximum absolute atomic E-state index is 6.18. The fourth-order valence-corrected chi connectivity index (χ4v) is 4.08. The lowest BCUT2D eigenvalue weighted by Gasteiger charge is -2.14. The molecular weight excluding hydrogens is 481 g/mol. The first kappa shape index (κ1) is 23.4. The van der Waals surface area contributed by atoms with Crippen molar-refractivity contribution in [1.82, 2.24) is 4.98 Å². The van der Waals surface area contributed by atoms with Crippen LogP contribution in [0.5, 0.6) is 28.7 Å². The number of fused-ring (bicyclic) bond motifs is 1. The highest BCUT2D eigenvalue weighted by molar-refractivity contribution is 7.80. The number of ether oxygens (including phenoxy) is 4. The summed E-state index contributed by atoms with van der Waals surface area (Å²) in [6.45, 7) is 0.464. The first-order chi connectivity index (χ1) is 16.0. The molecule has 0 unspecified atom stereocenters. The third-order valence-electron chi connectivity index (χ3n) is 4.99. The molecule has 0 atom stereocenters. The Labute approximate surface area is 207 Å². The normalized spacial score (nSPS) is 10.8. The molecule has 8 heteroatoms. The third-order valence-corrected chi connectivity index (χ3v) is 5.87. The van der Waals surface area contributed by atoms with Crippen molar-refractivity contribution in [3.05, 3.63) is 76.4 Å². The number of hydrogen-bond acceptors (Lipinski definition) is 6. The van der Waals surface area contributed by atoms with Crippen molar-refractivity contribution in [2.75, 3.05) is 20.8 Å². The SMILES string of the molecule is COc1cc2nccc(Oc3ccc(CCOc4ccc(Cl)cc4Cl)cc3S)c2cc1OC. The Bertz CT molecular complexity index is 1300. The van der Waals surface area contributed by atoms with Gasteiger partial charge in [0.15, 0.2) is 11.5 Å². The summed E-state index contributed by atoms with van der Waals surface area (Å²) < 4.78 is 22.7. The predicted molar refractivity (Wildman–Crippen MR) is 134 cm³/mol. The van der Waals surface area contributed by atoms with Crippen LogP contribution in [0.15, 0.2) is 65.7 Å². The van der Waals surface area contributed by atoms with E-state index in [0.717, 1.165) is 16.5 Å². The number of aromatic nitrogens is 1. The topological polar surface area (TPSA) is 49.8 Å². The van der Waals surface area contributed by atoms with Gasteiger partial charge in [-0.15, -0.1) is 12.6 Å². The second-order valence-corrected chi connectivity index (χ2v) is 8.44. The Morgan fingerprint density at radius 3 is 2.30 bits per heavy atom. The molecule has 0 N–H and O–H groups in total. The summed E-state index contributed by atoms with van der Waals surface area (Å²) in [5.41, 5.74) is 1.80. The summed E-state index contributed by atoms with van der Waals surface area (Å²) in [4.78, 5) is 5.12. The van der Waals surface area contributed by atoms with Gasteiger partial charge in [0.05, 0.1) is 31.4 Å². The van der Waals surface area contributed by atoms with Gasteiger partial charge in [-0.25, -0.2) is 0 Å². The number of methoxy groups -OCH3 is 2. The lowest BCUT2D eigenvalue weighted by atomic mass is 10.1. The standard InChI is InChI=1S/C25H21Cl2NO4S/c1-29-23-13-17-19(14-24(23)30-2)28-9-7-20(17)32-22-5-3-15(11-25(22)33)8-10-31-21-6-4-16(26)12-18(21)27/h3-7,9,11-14,33H,8,10H2,1-2H3. The monoisotopic (exact) mass is 501 g/mol. The van der Waals surface area contributed by atoms with Crippen LogP contribution >= 0.6 is 35.8 Å². The summed E-state index contributed by atoms with van der Waals surface area (Å²) in [6.07, 6.45) is 2.37. The molecule has 0 amide bonds. The zero-order chi connectivity index (χ0) is 23.4. The van der Waals surface area contributed by atoms with Gasteiger partial charge in [-0.1, -0.05) is 29.3 Å². The molecule has 3 aromatic carbocycles. The van der Waals surface area contributed by atoms with E-state index in [1.165, 1.54) is 0 Å². The van der Waals surface area contributed by atoms with Gasteiger partial charge in [-0.3, -0.25) is 4.98 Å². The summed E-state index contributed by atoms with van der Waals surface area (Å²) in [7, 11) is 3.18. The number of rotatable bonds is 8. The molecule has 0 spiro atoms. The lowest BCUT2D eigenvalue weighted by molar-refractivity contribution is 0.322. The number of thiol groups is 1. The van der Waals surface area contributed by atoms with Crippen molar-refractivity contribution in [1.29, 1.82) is 0 Å². The highest BCUT2D eigenvalue weighted by Gasteiger charge is 2.13. The lowest BCUT2D eigenvalue weighted by Crippen LogP contribution is -2.02. The van der Waals surface area contributed by atoms with Crippen LogP contribution in [-0.2, 0) is 6.42 Å². The third kappa shape index (κ3) is 5.41. The fraction of sp³-hybridized carbons (Fsp3) is 0.160. The van der Waals surface area contributed by atoms with Crippen molar-refractivity contribution < 1.29 is 18.9 Å². The molecule has 4 rings (SSSR count). The van der Waals surface area contributed by atoms with E-state index >= 15 is 0 Å². The number of halogens is 2. The minimum absolute atomic E-state index is 0.464. The molecule has 4 aromatic rings. The number of nitrogens with zero attached hydrogens (tertiary/aromatic N) is 1. The minimum Gasteiger partial charge on any atom is -0.493 e. The van der Waals surface area contributed by atoms with Crippen molar-refractivity contribution in [3.63, 3.8) is 0 Å². The molecule has 170 valence electrons. The second-order valence-electron chi connectivity index (χ2n) is 7.11. The Hall–Kier alpha value is -2.80. The molecule has 0 saturated heterocycles. The number of benzene rings is 3. The molecule has 5 nitrogen and oxygen atoms in total. The van der Waals surface area contributed by atoms with Crippen molar-refractivity contribution in [2.24, 2.45) is 0 Å². The van der Waals surface area contributed by atoms with E-state index in [0.29, 0.717) is 56.7 Å². The van der Waals surface area contributed by atoms with E-state index < -0.39 is 0 Å². The smallest absolute Gasteiger partial charge is 0.162 e. The number of pyridine rings is 1. The Morgan fingerprint density at radius 2 is 1.58 bits per heavy atom. The van der Waals surface area contributed by atoms with Crippen molar-refractivity contribution in [2.45, 2.75) is 11.3 Å². The Balaban J connectivity index is 1.49. The molecule has 0 aliphatic carbocycles. The quantitative estimate of drug-likeness (QED) is 0.257. The van der Waals surface area contributed by atoms with Gasteiger partial charge in [0.2, 0.25) is 0 Å². The molecule has 0 bridgehead atoms. The van der Waals surface area contributed by atoms with E-state index in [1.54, 1.807) is 44.7 Å². The van der Waals surface area contributed by atoms with E-state index in [-0.39, 0.29) is 0 Å². The first-order valence-corrected chi connectivity index (χ1v) is 11.3. The van der Waals surface area contributed by atoms with Crippen LogP contribution in [0.25, 0.3) is 10.9 Å². The zero-order valence-electron chi connectivity index (χ0n) is 18.0. The van der Waals surface area contributed by atoms with Crippen molar-refractivity contribution >= 4 is 46.7 Å². The van der Waals surface area contributed by atoms with E-state index in [1.807, 2.05) is 30.3 Å². The van der Waals surface area contributed by atoms with Crippen LogP contribution < -0.4 is 18.9 Å². The predicted octanol–water partition coefficient (Wildman–Crippen LogP) is 7.26. The van der Waals surface area contributed by atoms with Gasteiger partial charge < -0.3 is 18.9 Å². The first-order valence-electron chi connectivity index (χ1n) is 10.1. The van der Waals surface area contributed by atoms with Crippen LogP contribution in [0.1, 0.15) is 5.56 Å². The van der Waals surface area contributed by atoms with Crippen LogP contribution in [0.4, 0.5) is 0 Å². The Morgan fingerprint density at radius 1 is 0.818 bits per heavy atom. The van der Waals surface area contributed by atoms with Crippen molar-refractivity contribution in [3.8, 4) is 28.7 Å². The van der Waals surface area contributed by atoms with Gasteiger partial charge >= 0.3 is 0 Å².